The first-order valence-corrected chi connectivity index (χ1v) is 10.5. The van der Waals surface area contributed by atoms with Crippen molar-refractivity contribution in [3.63, 3.8) is 0 Å². The van der Waals surface area contributed by atoms with E-state index in [1.807, 2.05) is 0 Å². The smallest absolute Gasteiger partial charge is 0.0566 e. The Balaban J connectivity index is 1.55. The van der Waals surface area contributed by atoms with Crippen LogP contribution < -0.4 is 5.32 Å². The molecular formula is C19H32N2Si. The van der Waals surface area contributed by atoms with Gasteiger partial charge in [0.15, 0.2) is 0 Å². The third kappa shape index (κ3) is 3.93. The van der Waals surface area contributed by atoms with Gasteiger partial charge in [-0.05, 0) is 77.0 Å². The molecule has 3 heteroatoms. The van der Waals surface area contributed by atoms with E-state index in [1.54, 1.807) is 0 Å². The highest BCUT2D eigenvalue weighted by Gasteiger charge is 2.43. The zero-order valence-corrected chi connectivity index (χ0v) is 15.5. The van der Waals surface area contributed by atoms with E-state index in [4.69, 9.17) is 0 Å². The van der Waals surface area contributed by atoms with Gasteiger partial charge in [-0.15, -0.1) is 0 Å². The molecule has 2 aliphatic carbocycles. The van der Waals surface area contributed by atoms with E-state index in [2.05, 4.69) is 55.3 Å². The van der Waals surface area contributed by atoms with E-state index in [0.717, 1.165) is 33.3 Å². The third-order valence-corrected chi connectivity index (χ3v) is 6.75. The van der Waals surface area contributed by atoms with E-state index in [9.17, 15) is 0 Å². The molecule has 0 amide bonds. The highest BCUT2D eigenvalue weighted by atomic mass is 28.2. The van der Waals surface area contributed by atoms with Gasteiger partial charge in [0, 0.05) is 11.6 Å². The molecule has 1 heterocycles. The number of nitrogens with one attached hydrogen (secondary N) is 1. The second-order valence-electron chi connectivity index (χ2n) is 8.29. The fourth-order valence-electron chi connectivity index (χ4n) is 4.39. The first-order chi connectivity index (χ1) is 10.5. The predicted molar refractivity (Wildman–Crippen MR) is 96.3 cm³/mol. The second-order valence-corrected chi connectivity index (χ2v) is 9.55. The number of nitrogens with zero attached hydrogens (tertiary/aromatic N) is 1. The molecule has 3 rings (SSSR count). The minimum Gasteiger partial charge on any atom is -0.315 e. The van der Waals surface area contributed by atoms with Crippen LogP contribution in [0.5, 0.6) is 0 Å². The van der Waals surface area contributed by atoms with Gasteiger partial charge in [0.1, 0.15) is 0 Å². The van der Waals surface area contributed by atoms with Crippen LogP contribution in [0.15, 0.2) is 24.3 Å². The largest absolute Gasteiger partial charge is 0.315 e. The first-order valence-electron chi connectivity index (χ1n) is 9.09. The van der Waals surface area contributed by atoms with Crippen LogP contribution in [0, 0.1) is 17.8 Å². The quantitative estimate of drug-likeness (QED) is 0.618. The highest BCUT2D eigenvalue weighted by molar-refractivity contribution is 6.35. The Morgan fingerprint density at radius 1 is 1.09 bits per heavy atom. The minimum absolute atomic E-state index is 0.261. The Bertz CT molecular complexity index is 418. The maximum absolute atomic E-state index is 3.65. The fraction of sp³-hybridized carbons (Fsp3) is 0.789. The van der Waals surface area contributed by atoms with Crippen molar-refractivity contribution in [3.05, 3.63) is 24.3 Å². The van der Waals surface area contributed by atoms with E-state index < -0.39 is 0 Å². The van der Waals surface area contributed by atoms with Gasteiger partial charge < -0.3 is 5.32 Å². The van der Waals surface area contributed by atoms with E-state index in [0.29, 0.717) is 0 Å². The molecule has 2 radical (unpaired) electrons. The van der Waals surface area contributed by atoms with Gasteiger partial charge >= 0.3 is 0 Å². The molecule has 1 saturated carbocycles. The normalized spacial score (nSPS) is 35.2. The molecule has 3 aliphatic rings. The SMILES string of the molecule is CC(C)(C)NC[Si]CC1CC(N2CCCC2)C2C=CC=CC12. The van der Waals surface area contributed by atoms with Crippen molar-refractivity contribution < 1.29 is 0 Å². The highest BCUT2D eigenvalue weighted by Crippen LogP contribution is 2.45. The van der Waals surface area contributed by atoms with Crippen molar-refractivity contribution in [2.75, 3.05) is 19.3 Å². The molecule has 0 aromatic heterocycles. The molecule has 0 spiro atoms. The number of fused-ring (bicyclic) bond motifs is 1. The lowest BCUT2D eigenvalue weighted by atomic mass is 9.86. The van der Waals surface area contributed by atoms with Gasteiger partial charge in [-0.3, -0.25) is 4.90 Å². The number of rotatable bonds is 5. The second kappa shape index (κ2) is 7.02. The standard InChI is InChI=1S/C19H32N2Si/c1-19(2,3)20-14-22-13-15-12-18(21-10-6-7-11-21)17-9-5-4-8-16(15)17/h4-5,8-9,15-18,20H,6-7,10-14H2,1-3H3. The van der Waals surface area contributed by atoms with Crippen LogP contribution in [0.4, 0.5) is 0 Å². The van der Waals surface area contributed by atoms with Crippen molar-refractivity contribution >= 4 is 9.52 Å². The lowest BCUT2D eigenvalue weighted by Crippen LogP contribution is -2.38. The molecular weight excluding hydrogens is 284 g/mol. The Labute approximate surface area is 139 Å². The maximum atomic E-state index is 3.65. The van der Waals surface area contributed by atoms with Crippen LogP contribution in [-0.2, 0) is 0 Å². The Morgan fingerprint density at radius 2 is 1.77 bits per heavy atom. The maximum Gasteiger partial charge on any atom is 0.0566 e. The molecule has 22 heavy (non-hydrogen) atoms. The van der Waals surface area contributed by atoms with Crippen molar-refractivity contribution in [3.8, 4) is 0 Å². The van der Waals surface area contributed by atoms with Gasteiger partial charge in [0.2, 0.25) is 0 Å². The summed E-state index contributed by atoms with van der Waals surface area (Å²) in [6.07, 6.45) is 15.0. The third-order valence-electron chi connectivity index (χ3n) is 5.52. The molecule has 1 N–H and O–H groups in total. The number of hydrogen-bond acceptors (Lipinski definition) is 2. The van der Waals surface area contributed by atoms with E-state index in [-0.39, 0.29) is 5.54 Å². The molecule has 1 aliphatic heterocycles. The average Bonchev–Trinajstić information content (AvgIpc) is 3.10. The Morgan fingerprint density at radius 3 is 2.45 bits per heavy atom. The lowest BCUT2D eigenvalue weighted by Gasteiger charge is -2.30. The number of allylic oxidation sites excluding steroid dienone is 3. The van der Waals surface area contributed by atoms with Gasteiger partial charge in [-0.1, -0.05) is 30.3 Å². The number of likely N-dealkylation sites (tertiary alicyclic amines) is 1. The summed E-state index contributed by atoms with van der Waals surface area (Å²) < 4.78 is 0. The van der Waals surface area contributed by atoms with Crippen molar-refractivity contribution in [1.82, 2.24) is 10.2 Å². The summed E-state index contributed by atoms with van der Waals surface area (Å²) in [4.78, 5) is 2.79. The minimum atomic E-state index is 0.261. The first kappa shape index (κ1) is 16.5. The topological polar surface area (TPSA) is 15.3 Å². The van der Waals surface area contributed by atoms with Crippen LogP contribution in [0.2, 0.25) is 6.04 Å². The van der Waals surface area contributed by atoms with Crippen LogP contribution >= 0.6 is 0 Å². The van der Waals surface area contributed by atoms with E-state index >= 15 is 0 Å². The Hall–Kier alpha value is -0.383. The van der Waals surface area contributed by atoms with Crippen molar-refractivity contribution in [2.45, 2.75) is 57.7 Å². The molecule has 4 atom stereocenters. The van der Waals surface area contributed by atoms with Crippen LogP contribution in [-0.4, -0.2) is 45.3 Å². The van der Waals surface area contributed by atoms with E-state index in [1.165, 1.54) is 44.6 Å². The van der Waals surface area contributed by atoms with Crippen LogP contribution in [0.1, 0.15) is 40.0 Å². The van der Waals surface area contributed by atoms with Gasteiger partial charge in [0.05, 0.1) is 9.52 Å². The summed E-state index contributed by atoms with van der Waals surface area (Å²) in [6, 6.07) is 2.23. The summed E-state index contributed by atoms with van der Waals surface area (Å²) in [7, 11) is 1.06. The van der Waals surface area contributed by atoms with Crippen molar-refractivity contribution in [2.24, 2.45) is 17.8 Å². The summed E-state index contributed by atoms with van der Waals surface area (Å²) >= 11 is 0. The van der Waals surface area contributed by atoms with Crippen LogP contribution in [0.25, 0.3) is 0 Å². The summed E-state index contributed by atoms with van der Waals surface area (Å²) in [6.45, 7) is 9.47. The van der Waals surface area contributed by atoms with Gasteiger partial charge in [0.25, 0.3) is 0 Å². The van der Waals surface area contributed by atoms with Gasteiger partial charge in [-0.2, -0.15) is 0 Å². The molecule has 122 valence electrons. The summed E-state index contributed by atoms with van der Waals surface area (Å²) in [5.41, 5.74) is 0.261. The van der Waals surface area contributed by atoms with Gasteiger partial charge in [-0.25, -0.2) is 0 Å². The zero-order chi connectivity index (χ0) is 15.6. The predicted octanol–water partition coefficient (Wildman–Crippen LogP) is 3.30. The molecule has 0 aromatic rings. The zero-order valence-electron chi connectivity index (χ0n) is 14.5. The summed E-state index contributed by atoms with van der Waals surface area (Å²) in [5, 5.41) is 3.65. The average molecular weight is 317 g/mol. The Kier molecular flexibility index (Phi) is 5.26. The molecule has 2 nitrogen and oxygen atoms in total. The fourth-order valence-corrected chi connectivity index (χ4v) is 6.00. The monoisotopic (exact) mass is 316 g/mol. The molecule has 1 saturated heterocycles. The van der Waals surface area contributed by atoms with Crippen LogP contribution in [0.3, 0.4) is 0 Å². The van der Waals surface area contributed by atoms with Crippen molar-refractivity contribution in [1.29, 1.82) is 0 Å². The molecule has 0 bridgehead atoms. The lowest BCUT2D eigenvalue weighted by molar-refractivity contribution is 0.210. The summed E-state index contributed by atoms with van der Waals surface area (Å²) in [5.74, 6) is 2.49. The molecule has 0 aromatic carbocycles. The molecule has 2 fully saturated rings. The molecule has 4 unspecified atom stereocenters. The number of hydrogen-bond donors (Lipinski definition) is 1.